The Labute approximate surface area is 165 Å². The van der Waals surface area contributed by atoms with E-state index < -0.39 is 0 Å². The molecule has 1 N–H and O–H groups in total. The molecule has 27 heavy (non-hydrogen) atoms. The van der Waals surface area contributed by atoms with Gasteiger partial charge in [0.15, 0.2) is 0 Å². The van der Waals surface area contributed by atoms with E-state index in [4.69, 9.17) is 0 Å². The molecule has 2 aliphatic rings. The van der Waals surface area contributed by atoms with Gasteiger partial charge in [0.25, 0.3) is 0 Å². The van der Waals surface area contributed by atoms with Crippen LogP contribution in [0.5, 0.6) is 0 Å². The SMILES string of the molecule is CCCN1CC2(CCN(C)CC2)C[C@H]1C(=O)NC(C)(C)c1ccc(C)cc1. The lowest BCUT2D eigenvalue weighted by Gasteiger charge is -2.37. The van der Waals surface area contributed by atoms with Crippen LogP contribution in [0.15, 0.2) is 24.3 Å². The number of aryl methyl sites for hydroxylation is 1. The van der Waals surface area contributed by atoms with E-state index in [0.717, 1.165) is 44.6 Å². The van der Waals surface area contributed by atoms with Crippen molar-refractivity contribution >= 4 is 5.91 Å². The maximum Gasteiger partial charge on any atom is 0.238 e. The second kappa shape index (κ2) is 7.92. The minimum absolute atomic E-state index is 0.0121. The molecule has 4 nitrogen and oxygen atoms in total. The molecule has 2 saturated heterocycles. The van der Waals surface area contributed by atoms with E-state index in [9.17, 15) is 4.79 Å². The first-order chi connectivity index (χ1) is 12.7. The van der Waals surface area contributed by atoms with E-state index in [1.54, 1.807) is 0 Å². The van der Waals surface area contributed by atoms with Gasteiger partial charge >= 0.3 is 0 Å². The number of hydrogen-bond donors (Lipinski definition) is 1. The Hall–Kier alpha value is -1.39. The maximum atomic E-state index is 13.3. The molecule has 1 aromatic carbocycles. The zero-order valence-electron chi connectivity index (χ0n) is 17.8. The fourth-order valence-electron chi connectivity index (χ4n) is 4.81. The minimum atomic E-state index is -0.356. The molecule has 1 atom stereocenters. The average molecular weight is 372 g/mol. The Morgan fingerprint density at radius 3 is 2.44 bits per heavy atom. The molecule has 2 aliphatic heterocycles. The van der Waals surface area contributed by atoms with Crippen LogP contribution in [0.2, 0.25) is 0 Å². The van der Waals surface area contributed by atoms with E-state index in [-0.39, 0.29) is 17.5 Å². The number of amides is 1. The van der Waals surface area contributed by atoms with Gasteiger partial charge < -0.3 is 10.2 Å². The van der Waals surface area contributed by atoms with Crippen LogP contribution in [0.3, 0.4) is 0 Å². The van der Waals surface area contributed by atoms with Crippen molar-refractivity contribution in [3.05, 3.63) is 35.4 Å². The predicted molar refractivity (Wildman–Crippen MR) is 112 cm³/mol. The third kappa shape index (κ3) is 4.55. The number of benzene rings is 1. The summed E-state index contributed by atoms with van der Waals surface area (Å²) in [5, 5.41) is 3.36. The van der Waals surface area contributed by atoms with E-state index >= 15 is 0 Å². The van der Waals surface area contributed by atoms with Gasteiger partial charge in [0.05, 0.1) is 11.6 Å². The van der Waals surface area contributed by atoms with Gasteiger partial charge in [-0.2, -0.15) is 0 Å². The van der Waals surface area contributed by atoms with Crippen molar-refractivity contribution in [3.8, 4) is 0 Å². The number of carbonyl (C=O) groups is 1. The van der Waals surface area contributed by atoms with E-state index in [1.807, 2.05) is 0 Å². The molecular formula is C23H37N3O. The fourth-order valence-corrected chi connectivity index (χ4v) is 4.81. The minimum Gasteiger partial charge on any atom is -0.346 e. The van der Waals surface area contributed by atoms with Gasteiger partial charge in [-0.3, -0.25) is 9.69 Å². The molecule has 0 unspecified atom stereocenters. The van der Waals surface area contributed by atoms with E-state index in [2.05, 4.69) is 74.1 Å². The van der Waals surface area contributed by atoms with Crippen LogP contribution < -0.4 is 5.32 Å². The Balaban J connectivity index is 1.72. The molecule has 1 amide bonds. The summed E-state index contributed by atoms with van der Waals surface area (Å²) in [6, 6.07) is 8.52. The maximum absolute atomic E-state index is 13.3. The highest BCUT2D eigenvalue weighted by molar-refractivity contribution is 5.83. The first-order valence-corrected chi connectivity index (χ1v) is 10.6. The normalized spacial score (nSPS) is 23.7. The summed E-state index contributed by atoms with van der Waals surface area (Å²) in [5.41, 5.74) is 2.38. The van der Waals surface area contributed by atoms with Crippen LogP contribution in [0.25, 0.3) is 0 Å². The second-order valence-electron chi connectivity index (χ2n) is 9.47. The standard InChI is InChI=1S/C23H37N3O/c1-6-13-26-17-23(11-14-25(5)15-12-23)16-20(26)21(27)24-22(3,4)19-9-7-18(2)8-10-19/h7-10,20H,6,11-17H2,1-5H3,(H,24,27)/t20-/m0/s1. The lowest BCUT2D eigenvalue weighted by atomic mass is 9.76. The highest BCUT2D eigenvalue weighted by Gasteiger charge is 2.47. The van der Waals surface area contributed by atoms with Crippen LogP contribution in [0.4, 0.5) is 0 Å². The molecule has 0 radical (unpaired) electrons. The molecule has 3 rings (SSSR count). The van der Waals surface area contributed by atoms with Crippen LogP contribution >= 0.6 is 0 Å². The van der Waals surface area contributed by atoms with E-state index in [1.165, 1.54) is 18.4 Å². The summed E-state index contributed by atoms with van der Waals surface area (Å²) in [7, 11) is 2.21. The van der Waals surface area contributed by atoms with Gasteiger partial charge in [0.2, 0.25) is 5.91 Å². The highest BCUT2D eigenvalue weighted by Crippen LogP contribution is 2.43. The third-order valence-corrected chi connectivity index (χ3v) is 6.68. The average Bonchev–Trinajstić information content (AvgIpc) is 2.97. The number of rotatable bonds is 5. The number of piperidine rings is 1. The summed E-state index contributed by atoms with van der Waals surface area (Å²) in [6.45, 7) is 12.9. The van der Waals surface area contributed by atoms with Gasteiger partial charge in [-0.25, -0.2) is 0 Å². The first kappa shape index (κ1) is 20.3. The molecule has 2 fully saturated rings. The monoisotopic (exact) mass is 371 g/mol. The van der Waals surface area contributed by atoms with E-state index in [0.29, 0.717) is 5.41 Å². The number of nitrogens with one attached hydrogen (secondary N) is 1. The highest BCUT2D eigenvalue weighted by atomic mass is 16.2. The first-order valence-electron chi connectivity index (χ1n) is 10.6. The van der Waals surface area contributed by atoms with Crippen LogP contribution in [-0.2, 0) is 10.3 Å². The van der Waals surface area contributed by atoms with Crippen molar-refractivity contribution in [3.63, 3.8) is 0 Å². The van der Waals surface area contributed by atoms with Crippen molar-refractivity contribution in [2.75, 3.05) is 33.2 Å². The quantitative estimate of drug-likeness (QED) is 0.860. The van der Waals surface area contributed by atoms with Crippen LogP contribution in [-0.4, -0.2) is 55.0 Å². The lowest BCUT2D eigenvalue weighted by Crippen LogP contribution is -2.50. The molecule has 0 bridgehead atoms. The molecule has 0 aromatic heterocycles. The summed E-state index contributed by atoms with van der Waals surface area (Å²) in [6.07, 6.45) is 4.54. The number of likely N-dealkylation sites (tertiary alicyclic amines) is 2. The van der Waals surface area contributed by atoms with Crippen molar-refractivity contribution in [1.82, 2.24) is 15.1 Å². The molecular weight excluding hydrogens is 334 g/mol. The molecule has 150 valence electrons. The zero-order chi connectivity index (χ0) is 19.7. The second-order valence-corrected chi connectivity index (χ2v) is 9.47. The smallest absolute Gasteiger partial charge is 0.238 e. The summed E-state index contributed by atoms with van der Waals surface area (Å²) >= 11 is 0. The van der Waals surface area contributed by atoms with Gasteiger partial charge in [-0.15, -0.1) is 0 Å². The Morgan fingerprint density at radius 2 is 1.85 bits per heavy atom. The van der Waals surface area contributed by atoms with Crippen molar-refractivity contribution in [2.24, 2.45) is 5.41 Å². The van der Waals surface area contributed by atoms with Crippen LogP contribution in [0, 0.1) is 12.3 Å². The summed E-state index contributed by atoms with van der Waals surface area (Å²) < 4.78 is 0. The molecule has 2 heterocycles. The van der Waals surface area contributed by atoms with Gasteiger partial charge in [0.1, 0.15) is 0 Å². The van der Waals surface area contributed by atoms with Gasteiger partial charge in [-0.1, -0.05) is 36.8 Å². The van der Waals surface area contributed by atoms with Crippen molar-refractivity contribution < 1.29 is 4.79 Å². The largest absolute Gasteiger partial charge is 0.346 e. The Bertz CT molecular complexity index is 644. The zero-order valence-corrected chi connectivity index (χ0v) is 17.8. The Kier molecular flexibility index (Phi) is 5.97. The van der Waals surface area contributed by atoms with Crippen molar-refractivity contribution in [2.45, 2.75) is 65.0 Å². The number of carbonyl (C=O) groups excluding carboxylic acids is 1. The molecule has 1 spiro atoms. The molecule has 0 saturated carbocycles. The fraction of sp³-hybridized carbons (Fsp3) is 0.696. The van der Waals surface area contributed by atoms with Gasteiger partial charge in [-0.05, 0) is 84.1 Å². The Morgan fingerprint density at radius 1 is 1.22 bits per heavy atom. The lowest BCUT2D eigenvalue weighted by molar-refractivity contribution is -0.127. The molecule has 1 aromatic rings. The molecule has 4 heteroatoms. The number of nitrogens with zero attached hydrogens (tertiary/aromatic N) is 2. The van der Waals surface area contributed by atoms with Crippen molar-refractivity contribution in [1.29, 1.82) is 0 Å². The third-order valence-electron chi connectivity index (χ3n) is 6.68. The summed E-state index contributed by atoms with van der Waals surface area (Å²) in [4.78, 5) is 18.2. The topological polar surface area (TPSA) is 35.6 Å². The number of hydrogen-bond acceptors (Lipinski definition) is 3. The molecule has 0 aliphatic carbocycles. The predicted octanol–water partition coefficient (Wildman–Crippen LogP) is 3.54. The van der Waals surface area contributed by atoms with Gasteiger partial charge in [0, 0.05) is 6.54 Å². The summed E-state index contributed by atoms with van der Waals surface area (Å²) in [5.74, 6) is 0.199. The van der Waals surface area contributed by atoms with Crippen LogP contribution in [0.1, 0.15) is 57.6 Å².